The van der Waals surface area contributed by atoms with Gasteiger partial charge in [0.25, 0.3) is 0 Å². The van der Waals surface area contributed by atoms with Gasteiger partial charge in [0.15, 0.2) is 0 Å². The van der Waals surface area contributed by atoms with E-state index in [0.29, 0.717) is 0 Å². The standard InChI is InChI=1S/C7H13NO4S/c1-4(7(10)11)3-13(12)5(2)6(8)9/h4-5H,3H2,1-2H3,(H2,8,9)(H,10,11). The molecule has 0 aliphatic carbocycles. The van der Waals surface area contributed by atoms with Gasteiger partial charge in [-0.05, 0) is 6.92 Å². The van der Waals surface area contributed by atoms with E-state index in [1.54, 1.807) is 0 Å². The van der Waals surface area contributed by atoms with Gasteiger partial charge in [-0.15, -0.1) is 0 Å². The van der Waals surface area contributed by atoms with Crippen molar-refractivity contribution >= 4 is 22.7 Å². The van der Waals surface area contributed by atoms with Crippen LogP contribution in [0.25, 0.3) is 0 Å². The molecule has 3 unspecified atom stereocenters. The lowest BCUT2D eigenvalue weighted by Gasteiger charge is -2.09. The summed E-state index contributed by atoms with van der Waals surface area (Å²) in [5, 5.41) is 7.71. The minimum Gasteiger partial charge on any atom is -0.481 e. The van der Waals surface area contributed by atoms with E-state index >= 15 is 0 Å². The number of carbonyl (C=O) groups excluding carboxylic acids is 1. The second kappa shape index (κ2) is 4.96. The van der Waals surface area contributed by atoms with Crippen molar-refractivity contribution in [1.29, 1.82) is 0 Å². The Bertz CT molecular complexity index is 241. The van der Waals surface area contributed by atoms with Gasteiger partial charge in [-0.3, -0.25) is 13.8 Å². The highest BCUT2D eigenvalue weighted by Gasteiger charge is 2.21. The zero-order chi connectivity index (χ0) is 10.6. The molecule has 3 atom stereocenters. The number of amides is 1. The van der Waals surface area contributed by atoms with Crippen LogP contribution in [-0.4, -0.2) is 32.2 Å². The fraction of sp³-hybridized carbons (Fsp3) is 0.714. The Balaban J connectivity index is 4.15. The predicted molar refractivity (Wildman–Crippen MR) is 48.5 cm³/mol. The van der Waals surface area contributed by atoms with E-state index in [9.17, 15) is 13.8 Å². The fourth-order valence-electron chi connectivity index (χ4n) is 0.592. The molecular formula is C7H13NO4S. The largest absolute Gasteiger partial charge is 0.481 e. The molecule has 5 nitrogen and oxygen atoms in total. The van der Waals surface area contributed by atoms with E-state index < -0.39 is 33.8 Å². The Morgan fingerprint density at radius 1 is 1.46 bits per heavy atom. The van der Waals surface area contributed by atoms with E-state index in [0.717, 1.165) is 0 Å². The number of carboxylic acids is 1. The van der Waals surface area contributed by atoms with Gasteiger partial charge in [-0.25, -0.2) is 0 Å². The highest BCUT2D eigenvalue weighted by Crippen LogP contribution is 2.03. The second-order valence-electron chi connectivity index (χ2n) is 2.83. The van der Waals surface area contributed by atoms with Crippen LogP contribution in [0.1, 0.15) is 13.8 Å². The van der Waals surface area contributed by atoms with Gasteiger partial charge in [0, 0.05) is 16.6 Å². The van der Waals surface area contributed by atoms with E-state index in [4.69, 9.17) is 10.8 Å². The second-order valence-corrected chi connectivity index (χ2v) is 4.63. The third-order valence-electron chi connectivity index (χ3n) is 1.63. The van der Waals surface area contributed by atoms with Crippen LogP contribution in [0.2, 0.25) is 0 Å². The molecule has 6 heteroatoms. The Hall–Kier alpha value is -0.910. The number of carbonyl (C=O) groups is 2. The van der Waals surface area contributed by atoms with Gasteiger partial charge < -0.3 is 10.8 Å². The summed E-state index contributed by atoms with van der Waals surface area (Å²) in [4.78, 5) is 21.0. The zero-order valence-electron chi connectivity index (χ0n) is 7.52. The molecule has 0 aromatic heterocycles. The minimum atomic E-state index is -1.50. The van der Waals surface area contributed by atoms with Gasteiger partial charge in [0.05, 0.1) is 5.92 Å². The summed E-state index contributed by atoms with van der Waals surface area (Å²) in [6.45, 7) is 2.86. The summed E-state index contributed by atoms with van der Waals surface area (Å²) in [5.41, 5.74) is 4.91. The normalized spacial score (nSPS) is 17.4. The van der Waals surface area contributed by atoms with Crippen LogP contribution >= 0.6 is 0 Å². The number of aliphatic carboxylic acids is 1. The quantitative estimate of drug-likeness (QED) is 0.624. The van der Waals surface area contributed by atoms with E-state index in [1.807, 2.05) is 0 Å². The lowest BCUT2D eigenvalue weighted by molar-refractivity contribution is -0.140. The summed E-state index contributed by atoms with van der Waals surface area (Å²) in [5.74, 6) is -2.46. The average Bonchev–Trinajstić information content (AvgIpc) is 2.02. The van der Waals surface area contributed by atoms with Gasteiger partial charge in [-0.1, -0.05) is 6.92 Å². The minimum absolute atomic E-state index is 0.0422. The summed E-state index contributed by atoms with van der Waals surface area (Å²) >= 11 is 0. The molecule has 13 heavy (non-hydrogen) atoms. The average molecular weight is 207 g/mol. The maximum Gasteiger partial charge on any atom is 0.307 e. The van der Waals surface area contributed by atoms with Gasteiger partial charge in [0.2, 0.25) is 5.91 Å². The van der Waals surface area contributed by atoms with Crippen LogP contribution in [-0.2, 0) is 20.4 Å². The van der Waals surface area contributed by atoms with Gasteiger partial charge >= 0.3 is 5.97 Å². The highest BCUT2D eigenvalue weighted by atomic mass is 32.2. The molecule has 0 spiro atoms. The zero-order valence-corrected chi connectivity index (χ0v) is 8.34. The van der Waals surface area contributed by atoms with Crippen molar-refractivity contribution in [3.8, 4) is 0 Å². The van der Waals surface area contributed by atoms with E-state index in [1.165, 1.54) is 13.8 Å². The molecule has 3 N–H and O–H groups in total. The molecule has 0 bridgehead atoms. The third-order valence-corrected chi connectivity index (χ3v) is 3.48. The first kappa shape index (κ1) is 12.1. The van der Waals surface area contributed by atoms with Gasteiger partial charge in [0.1, 0.15) is 5.25 Å². The molecule has 1 amide bonds. The monoisotopic (exact) mass is 207 g/mol. The van der Waals surface area contributed by atoms with Crippen molar-refractivity contribution in [2.75, 3.05) is 5.75 Å². The molecule has 0 aromatic rings. The maximum atomic E-state index is 11.2. The van der Waals surface area contributed by atoms with Crippen molar-refractivity contribution in [2.45, 2.75) is 19.1 Å². The van der Waals surface area contributed by atoms with Gasteiger partial charge in [-0.2, -0.15) is 0 Å². The summed E-state index contributed by atoms with van der Waals surface area (Å²) in [7, 11) is -1.50. The summed E-state index contributed by atoms with van der Waals surface area (Å²) in [6.07, 6.45) is 0. The summed E-state index contributed by atoms with van der Waals surface area (Å²) < 4.78 is 11.2. The third kappa shape index (κ3) is 4.02. The van der Waals surface area contributed by atoms with E-state index in [2.05, 4.69) is 0 Å². The van der Waals surface area contributed by atoms with Crippen molar-refractivity contribution < 1.29 is 18.9 Å². The first-order valence-corrected chi connectivity index (χ1v) is 5.13. The number of hydrogen-bond acceptors (Lipinski definition) is 3. The molecule has 0 fully saturated rings. The molecule has 0 aliphatic rings. The Morgan fingerprint density at radius 2 is 1.92 bits per heavy atom. The molecule has 0 saturated heterocycles. The Kier molecular flexibility index (Phi) is 4.61. The van der Waals surface area contributed by atoms with Crippen LogP contribution in [0.3, 0.4) is 0 Å². The number of hydrogen-bond donors (Lipinski definition) is 2. The smallest absolute Gasteiger partial charge is 0.307 e. The van der Waals surface area contributed by atoms with Crippen molar-refractivity contribution in [3.63, 3.8) is 0 Å². The van der Waals surface area contributed by atoms with Crippen LogP contribution in [0.15, 0.2) is 0 Å². The number of primary amides is 1. The SMILES string of the molecule is CC(CS(=O)C(C)C(N)=O)C(=O)O. The number of nitrogens with two attached hydrogens (primary N) is 1. The number of rotatable bonds is 5. The molecule has 0 radical (unpaired) electrons. The fourth-order valence-corrected chi connectivity index (χ4v) is 1.77. The summed E-state index contributed by atoms with van der Waals surface area (Å²) in [6, 6.07) is 0. The molecule has 0 rings (SSSR count). The lowest BCUT2D eigenvalue weighted by atomic mass is 10.2. The van der Waals surface area contributed by atoms with Crippen molar-refractivity contribution in [1.82, 2.24) is 0 Å². The molecule has 0 heterocycles. The molecule has 0 saturated carbocycles. The van der Waals surface area contributed by atoms with Crippen LogP contribution in [0, 0.1) is 5.92 Å². The highest BCUT2D eigenvalue weighted by molar-refractivity contribution is 7.86. The Morgan fingerprint density at radius 3 is 2.23 bits per heavy atom. The van der Waals surface area contributed by atoms with Crippen molar-refractivity contribution in [3.05, 3.63) is 0 Å². The molecule has 76 valence electrons. The predicted octanol–water partition coefficient (Wildman–Crippen LogP) is -0.670. The van der Waals surface area contributed by atoms with Crippen molar-refractivity contribution in [2.24, 2.45) is 11.7 Å². The maximum absolute atomic E-state index is 11.2. The first-order chi connectivity index (χ1) is 5.86. The molecule has 0 aromatic carbocycles. The first-order valence-electron chi connectivity index (χ1n) is 3.75. The number of carboxylic acid groups (broad SMARTS) is 1. The lowest BCUT2D eigenvalue weighted by Crippen LogP contribution is -2.33. The molecular weight excluding hydrogens is 194 g/mol. The van der Waals surface area contributed by atoms with Crippen LogP contribution in [0.4, 0.5) is 0 Å². The van der Waals surface area contributed by atoms with Crippen LogP contribution in [0.5, 0.6) is 0 Å². The Labute approximate surface area is 78.8 Å². The van der Waals surface area contributed by atoms with E-state index in [-0.39, 0.29) is 5.75 Å². The topological polar surface area (TPSA) is 97.5 Å². The molecule has 0 aliphatic heterocycles. The van der Waals surface area contributed by atoms with Crippen LogP contribution < -0.4 is 5.73 Å².